The van der Waals surface area contributed by atoms with Crippen LogP contribution < -0.4 is 4.74 Å². The Hall–Kier alpha value is -0.480. The van der Waals surface area contributed by atoms with E-state index in [4.69, 9.17) is 9.15 Å². The van der Waals surface area contributed by atoms with Crippen molar-refractivity contribution in [1.82, 2.24) is 0 Å². The van der Waals surface area contributed by atoms with Gasteiger partial charge < -0.3 is 9.15 Å². The smallest absolute Gasteiger partial charge is 0.151 e. The highest BCUT2D eigenvalue weighted by Crippen LogP contribution is 2.32. The lowest BCUT2D eigenvalue weighted by molar-refractivity contribution is 0.307. The second-order valence-corrected chi connectivity index (χ2v) is 7.22. The van der Waals surface area contributed by atoms with Gasteiger partial charge in [-0.25, -0.2) is 0 Å². The first-order chi connectivity index (χ1) is 10.8. The van der Waals surface area contributed by atoms with Crippen molar-refractivity contribution in [2.75, 3.05) is 11.9 Å². The number of halogens is 2. The molecule has 0 aliphatic rings. The fourth-order valence-corrected chi connectivity index (χ4v) is 3.40. The van der Waals surface area contributed by atoms with Crippen molar-refractivity contribution in [1.29, 1.82) is 0 Å². The number of ether oxygens (including phenoxy) is 1. The molecular weight excluding hydrogens is 408 g/mol. The summed E-state index contributed by atoms with van der Waals surface area (Å²) in [6, 6.07) is 5.95. The third kappa shape index (κ3) is 5.62. The summed E-state index contributed by atoms with van der Waals surface area (Å²) in [6.07, 6.45) is 12.2. The van der Waals surface area contributed by atoms with Gasteiger partial charge in [0, 0.05) is 5.33 Å². The number of unbranched alkanes of at least 4 members (excludes halogenated alkanes) is 7. The van der Waals surface area contributed by atoms with Gasteiger partial charge in [-0.15, -0.1) is 0 Å². The van der Waals surface area contributed by atoms with Crippen molar-refractivity contribution >= 4 is 42.8 Å². The molecule has 1 heterocycles. The van der Waals surface area contributed by atoms with E-state index in [-0.39, 0.29) is 0 Å². The van der Waals surface area contributed by atoms with Crippen LogP contribution in [-0.4, -0.2) is 11.9 Å². The molecule has 0 aliphatic heterocycles. The molecule has 0 fully saturated rings. The van der Waals surface area contributed by atoms with Crippen LogP contribution in [-0.2, 0) is 0 Å². The van der Waals surface area contributed by atoms with Gasteiger partial charge in [-0.2, -0.15) is 0 Å². The molecule has 0 N–H and O–H groups in total. The predicted molar refractivity (Wildman–Crippen MR) is 100 cm³/mol. The number of alkyl halides is 1. The Bertz CT molecular complexity index is 551. The van der Waals surface area contributed by atoms with Crippen molar-refractivity contribution < 1.29 is 9.15 Å². The molecule has 2 rings (SSSR count). The average Bonchev–Trinajstić information content (AvgIpc) is 3.02. The second kappa shape index (κ2) is 10.3. The molecule has 2 aromatic rings. The molecule has 0 saturated carbocycles. The molecule has 0 bridgehead atoms. The lowest BCUT2D eigenvalue weighted by Gasteiger charge is -2.07. The fourth-order valence-electron chi connectivity index (χ4n) is 2.57. The minimum Gasteiger partial charge on any atom is -0.493 e. The van der Waals surface area contributed by atoms with Gasteiger partial charge in [0.25, 0.3) is 0 Å². The van der Waals surface area contributed by atoms with Crippen LogP contribution in [0.3, 0.4) is 0 Å². The highest BCUT2D eigenvalue weighted by Gasteiger charge is 2.08. The fraction of sp³-hybridized carbons (Fsp3) is 0.556. The van der Waals surface area contributed by atoms with E-state index in [1.807, 2.05) is 18.2 Å². The Labute approximate surface area is 149 Å². The number of rotatable bonds is 11. The van der Waals surface area contributed by atoms with Crippen molar-refractivity contribution in [2.45, 2.75) is 51.4 Å². The van der Waals surface area contributed by atoms with Crippen LogP contribution >= 0.6 is 31.9 Å². The Morgan fingerprint density at radius 3 is 2.27 bits per heavy atom. The minimum atomic E-state index is 0.783. The molecule has 1 aromatic heterocycles. The number of fused-ring (bicyclic) bond motifs is 1. The van der Waals surface area contributed by atoms with Gasteiger partial charge in [0.05, 0.1) is 22.7 Å². The zero-order valence-corrected chi connectivity index (χ0v) is 16.1. The van der Waals surface area contributed by atoms with Crippen LogP contribution in [0, 0.1) is 0 Å². The van der Waals surface area contributed by atoms with Crippen molar-refractivity contribution in [3.63, 3.8) is 0 Å². The third-order valence-electron chi connectivity index (χ3n) is 3.81. The molecule has 0 atom stereocenters. The summed E-state index contributed by atoms with van der Waals surface area (Å²) in [7, 11) is 0. The van der Waals surface area contributed by atoms with E-state index < -0.39 is 0 Å². The van der Waals surface area contributed by atoms with Crippen LogP contribution in [0.1, 0.15) is 51.4 Å². The summed E-state index contributed by atoms with van der Waals surface area (Å²) in [5.74, 6) is 0.918. The SMILES string of the molecule is BrCCCCCCCCCCOc1ccc(Br)c2occc12. The van der Waals surface area contributed by atoms with Crippen LogP contribution in [0.5, 0.6) is 5.75 Å². The molecule has 0 saturated heterocycles. The van der Waals surface area contributed by atoms with E-state index in [0.717, 1.165) is 39.5 Å². The maximum atomic E-state index is 5.91. The van der Waals surface area contributed by atoms with E-state index in [1.165, 1.54) is 44.9 Å². The first-order valence-electron chi connectivity index (χ1n) is 8.17. The zero-order chi connectivity index (χ0) is 15.6. The first-order valence-corrected chi connectivity index (χ1v) is 10.1. The molecule has 122 valence electrons. The highest BCUT2D eigenvalue weighted by atomic mass is 79.9. The maximum Gasteiger partial charge on any atom is 0.151 e. The Kier molecular flexibility index (Phi) is 8.38. The van der Waals surface area contributed by atoms with E-state index >= 15 is 0 Å². The van der Waals surface area contributed by atoms with Crippen LogP contribution in [0.15, 0.2) is 33.4 Å². The van der Waals surface area contributed by atoms with E-state index in [0.29, 0.717) is 0 Å². The molecule has 0 unspecified atom stereocenters. The summed E-state index contributed by atoms with van der Waals surface area (Å²) < 4.78 is 12.3. The minimum absolute atomic E-state index is 0.783. The van der Waals surface area contributed by atoms with Gasteiger partial charge >= 0.3 is 0 Å². The Balaban J connectivity index is 1.59. The molecule has 1 aromatic carbocycles. The molecule has 0 radical (unpaired) electrons. The van der Waals surface area contributed by atoms with Gasteiger partial charge in [0.1, 0.15) is 5.75 Å². The average molecular weight is 432 g/mol. The number of hydrogen-bond acceptors (Lipinski definition) is 2. The highest BCUT2D eigenvalue weighted by molar-refractivity contribution is 9.10. The number of furan rings is 1. The summed E-state index contributed by atoms with van der Waals surface area (Å²) >= 11 is 6.96. The van der Waals surface area contributed by atoms with Crippen molar-refractivity contribution in [3.05, 3.63) is 28.9 Å². The normalized spacial score (nSPS) is 11.2. The molecular formula is C18H24Br2O2. The van der Waals surface area contributed by atoms with Gasteiger partial charge in [-0.3, -0.25) is 0 Å². The molecule has 0 spiro atoms. The zero-order valence-electron chi connectivity index (χ0n) is 13.0. The molecule has 4 heteroatoms. The third-order valence-corrected chi connectivity index (χ3v) is 5.00. The Morgan fingerprint density at radius 1 is 0.864 bits per heavy atom. The van der Waals surface area contributed by atoms with Crippen LogP contribution in [0.2, 0.25) is 0 Å². The predicted octanol–water partition coefficient (Wildman–Crippen LogP) is 7.09. The summed E-state index contributed by atoms with van der Waals surface area (Å²) in [5, 5.41) is 2.19. The van der Waals surface area contributed by atoms with Gasteiger partial charge in [0.2, 0.25) is 0 Å². The quantitative estimate of drug-likeness (QED) is 0.280. The topological polar surface area (TPSA) is 22.4 Å². The Morgan fingerprint density at radius 2 is 1.55 bits per heavy atom. The summed E-state index contributed by atoms with van der Waals surface area (Å²) in [6.45, 7) is 0.783. The molecule has 0 amide bonds. The van der Waals surface area contributed by atoms with Gasteiger partial charge in [-0.1, -0.05) is 54.5 Å². The van der Waals surface area contributed by atoms with Crippen molar-refractivity contribution in [2.24, 2.45) is 0 Å². The lowest BCUT2D eigenvalue weighted by atomic mass is 10.1. The van der Waals surface area contributed by atoms with Crippen LogP contribution in [0.25, 0.3) is 11.0 Å². The monoisotopic (exact) mass is 430 g/mol. The molecule has 22 heavy (non-hydrogen) atoms. The maximum absolute atomic E-state index is 5.91. The largest absolute Gasteiger partial charge is 0.493 e. The summed E-state index contributed by atoms with van der Waals surface area (Å²) in [4.78, 5) is 0. The number of hydrogen-bond donors (Lipinski definition) is 0. The molecule has 0 aliphatic carbocycles. The number of benzene rings is 1. The van der Waals surface area contributed by atoms with E-state index in [1.54, 1.807) is 6.26 Å². The van der Waals surface area contributed by atoms with E-state index in [9.17, 15) is 0 Å². The van der Waals surface area contributed by atoms with Crippen molar-refractivity contribution in [3.8, 4) is 5.75 Å². The second-order valence-electron chi connectivity index (χ2n) is 5.57. The standard InChI is InChI=1S/C18H24Br2O2/c19-12-7-5-3-1-2-4-6-8-13-21-17-10-9-16(20)18-15(17)11-14-22-18/h9-11,14H,1-8,12-13H2. The van der Waals surface area contributed by atoms with Crippen LogP contribution in [0.4, 0.5) is 0 Å². The lowest BCUT2D eigenvalue weighted by Crippen LogP contribution is -1.97. The molecule has 2 nitrogen and oxygen atoms in total. The van der Waals surface area contributed by atoms with Gasteiger partial charge in [-0.05, 0) is 47.0 Å². The van der Waals surface area contributed by atoms with Gasteiger partial charge in [0.15, 0.2) is 5.58 Å². The summed E-state index contributed by atoms with van der Waals surface area (Å²) in [5.41, 5.74) is 0.862. The first kappa shape index (κ1) is 17.9. The van der Waals surface area contributed by atoms with E-state index in [2.05, 4.69) is 31.9 Å².